The first-order chi connectivity index (χ1) is 16.4. The SMILES string of the molecule is COC(=O)Nc1nc2ccc(C3(O)c4ccccc4C(=O)N3c3cc(OC)ccc3F)cc2[nH]1. The molecule has 0 saturated carbocycles. The lowest BCUT2D eigenvalue weighted by Crippen LogP contribution is -2.45. The quantitative estimate of drug-likeness (QED) is 0.425. The number of fused-ring (bicyclic) bond motifs is 2. The molecule has 9 nitrogen and oxygen atoms in total. The van der Waals surface area contributed by atoms with Crippen molar-refractivity contribution in [2.24, 2.45) is 0 Å². The Hall–Kier alpha value is -4.44. The lowest BCUT2D eigenvalue weighted by Gasteiger charge is -2.35. The van der Waals surface area contributed by atoms with Gasteiger partial charge in [-0.25, -0.2) is 14.2 Å². The zero-order valence-corrected chi connectivity index (χ0v) is 18.1. The van der Waals surface area contributed by atoms with E-state index < -0.39 is 23.5 Å². The number of hydrogen-bond acceptors (Lipinski definition) is 6. The van der Waals surface area contributed by atoms with Gasteiger partial charge in [-0.3, -0.25) is 15.0 Å². The molecule has 34 heavy (non-hydrogen) atoms. The first-order valence-corrected chi connectivity index (χ1v) is 10.2. The average Bonchev–Trinajstić information content (AvgIpc) is 3.35. The van der Waals surface area contributed by atoms with Gasteiger partial charge in [-0.05, 0) is 30.3 Å². The van der Waals surface area contributed by atoms with Crippen LogP contribution in [0.15, 0.2) is 60.7 Å². The van der Waals surface area contributed by atoms with E-state index in [2.05, 4.69) is 20.0 Å². The standard InChI is InChI=1S/C24H19FN4O5/c1-33-14-8-9-17(25)20(12-14)29-21(30)15-5-3-4-6-16(15)24(29,32)13-7-10-18-19(11-13)27-22(26-18)28-23(31)34-2/h3-12,32H,1-2H3,(H2,26,27,28,31). The number of methoxy groups -OCH3 is 2. The number of aromatic nitrogens is 2. The third-order valence-electron chi connectivity index (χ3n) is 5.74. The van der Waals surface area contributed by atoms with E-state index >= 15 is 0 Å². The number of amides is 2. The van der Waals surface area contributed by atoms with Crippen molar-refractivity contribution in [3.8, 4) is 5.75 Å². The number of aromatic amines is 1. The number of ether oxygens (including phenoxy) is 2. The molecule has 10 heteroatoms. The fraction of sp³-hybridized carbons (Fsp3) is 0.125. The first kappa shape index (κ1) is 21.4. The molecule has 0 bridgehead atoms. The fourth-order valence-electron chi connectivity index (χ4n) is 4.15. The number of anilines is 2. The van der Waals surface area contributed by atoms with Gasteiger partial charge >= 0.3 is 6.09 Å². The van der Waals surface area contributed by atoms with Crippen molar-refractivity contribution in [2.45, 2.75) is 5.72 Å². The maximum Gasteiger partial charge on any atom is 0.413 e. The molecule has 1 aliphatic heterocycles. The zero-order chi connectivity index (χ0) is 24.0. The second-order valence-electron chi connectivity index (χ2n) is 7.61. The summed E-state index contributed by atoms with van der Waals surface area (Å²) in [5.41, 5.74) is -0.375. The molecule has 2 heterocycles. The number of aliphatic hydroxyl groups is 1. The monoisotopic (exact) mass is 462 g/mol. The summed E-state index contributed by atoms with van der Waals surface area (Å²) in [4.78, 5) is 33.2. The molecule has 1 aliphatic rings. The van der Waals surface area contributed by atoms with E-state index in [0.29, 0.717) is 22.3 Å². The Morgan fingerprint density at radius 3 is 2.71 bits per heavy atom. The Morgan fingerprint density at radius 2 is 1.94 bits per heavy atom. The molecule has 2 amide bonds. The van der Waals surface area contributed by atoms with E-state index in [1.165, 1.54) is 32.4 Å². The molecule has 0 fully saturated rings. The van der Waals surface area contributed by atoms with Crippen molar-refractivity contribution in [3.05, 3.63) is 83.2 Å². The summed E-state index contributed by atoms with van der Waals surface area (Å²) < 4.78 is 24.8. The van der Waals surface area contributed by atoms with Gasteiger partial charge in [0.25, 0.3) is 5.91 Å². The predicted octanol–water partition coefficient (Wildman–Crippen LogP) is 3.74. The van der Waals surface area contributed by atoms with Crippen LogP contribution in [0.25, 0.3) is 11.0 Å². The smallest absolute Gasteiger partial charge is 0.413 e. The predicted molar refractivity (Wildman–Crippen MR) is 121 cm³/mol. The van der Waals surface area contributed by atoms with Crippen molar-refractivity contribution < 1.29 is 28.6 Å². The molecule has 3 N–H and O–H groups in total. The molecule has 1 unspecified atom stereocenters. The van der Waals surface area contributed by atoms with E-state index in [9.17, 15) is 19.1 Å². The number of nitrogens with one attached hydrogen (secondary N) is 2. The molecular formula is C24H19FN4O5. The van der Waals surface area contributed by atoms with Crippen LogP contribution in [-0.2, 0) is 10.5 Å². The molecule has 0 aliphatic carbocycles. The molecule has 0 saturated heterocycles. The van der Waals surface area contributed by atoms with Crippen LogP contribution in [0.5, 0.6) is 5.75 Å². The van der Waals surface area contributed by atoms with Gasteiger partial charge in [-0.1, -0.05) is 24.3 Å². The first-order valence-electron chi connectivity index (χ1n) is 10.2. The van der Waals surface area contributed by atoms with Crippen LogP contribution in [0.2, 0.25) is 0 Å². The second-order valence-corrected chi connectivity index (χ2v) is 7.61. The molecule has 0 radical (unpaired) electrons. The summed E-state index contributed by atoms with van der Waals surface area (Å²) in [7, 11) is 2.66. The molecule has 1 atom stereocenters. The average molecular weight is 462 g/mol. The fourth-order valence-corrected chi connectivity index (χ4v) is 4.15. The number of benzene rings is 3. The topological polar surface area (TPSA) is 117 Å². The number of carbonyl (C=O) groups excluding carboxylic acids is 2. The van der Waals surface area contributed by atoms with E-state index in [1.54, 1.807) is 42.5 Å². The van der Waals surface area contributed by atoms with Crippen LogP contribution in [0.1, 0.15) is 21.5 Å². The zero-order valence-electron chi connectivity index (χ0n) is 18.1. The molecule has 1 aromatic heterocycles. The number of imidazole rings is 1. The maximum atomic E-state index is 15.0. The number of rotatable bonds is 4. The maximum absolute atomic E-state index is 15.0. The van der Waals surface area contributed by atoms with Gasteiger partial charge < -0.3 is 19.6 Å². The van der Waals surface area contributed by atoms with E-state index in [0.717, 1.165) is 4.90 Å². The Balaban J connectivity index is 1.70. The van der Waals surface area contributed by atoms with Crippen LogP contribution >= 0.6 is 0 Å². The summed E-state index contributed by atoms with van der Waals surface area (Å²) >= 11 is 0. The number of carbonyl (C=O) groups is 2. The highest BCUT2D eigenvalue weighted by molar-refractivity contribution is 6.12. The highest BCUT2D eigenvalue weighted by Gasteiger charge is 2.51. The van der Waals surface area contributed by atoms with E-state index in [-0.39, 0.29) is 22.8 Å². The molecule has 0 spiro atoms. The number of hydrogen-bond donors (Lipinski definition) is 3. The molecule has 5 rings (SSSR count). The molecule has 4 aromatic rings. The Labute approximate surface area is 192 Å². The van der Waals surface area contributed by atoms with Crippen molar-refractivity contribution in [3.63, 3.8) is 0 Å². The summed E-state index contributed by atoms with van der Waals surface area (Å²) in [5, 5.41) is 14.5. The Morgan fingerprint density at radius 1 is 1.15 bits per heavy atom. The Bertz CT molecular complexity index is 1450. The summed E-state index contributed by atoms with van der Waals surface area (Å²) in [5.74, 6) is -0.801. The van der Waals surface area contributed by atoms with Crippen LogP contribution in [0, 0.1) is 5.82 Å². The number of H-pyrrole nitrogens is 1. The number of halogens is 1. The summed E-state index contributed by atoms with van der Waals surface area (Å²) in [6, 6.07) is 15.3. The minimum absolute atomic E-state index is 0.138. The lowest BCUT2D eigenvalue weighted by atomic mass is 9.93. The minimum atomic E-state index is -2.03. The number of nitrogens with zero attached hydrogens (tertiary/aromatic N) is 2. The molecule has 172 valence electrons. The van der Waals surface area contributed by atoms with Crippen LogP contribution < -0.4 is 15.0 Å². The van der Waals surface area contributed by atoms with Crippen molar-refractivity contribution in [1.82, 2.24) is 9.97 Å². The van der Waals surface area contributed by atoms with Crippen LogP contribution in [0.3, 0.4) is 0 Å². The van der Waals surface area contributed by atoms with E-state index in [1.807, 2.05) is 0 Å². The minimum Gasteiger partial charge on any atom is -0.497 e. The van der Waals surface area contributed by atoms with E-state index in [4.69, 9.17) is 4.74 Å². The van der Waals surface area contributed by atoms with Gasteiger partial charge in [-0.15, -0.1) is 0 Å². The van der Waals surface area contributed by atoms with Gasteiger partial charge in [0, 0.05) is 22.8 Å². The third kappa shape index (κ3) is 3.15. The van der Waals surface area contributed by atoms with Gasteiger partial charge in [-0.2, -0.15) is 0 Å². The summed E-state index contributed by atoms with van der Waals surface area (Å²) in [6.07, 6.45) is -0.701. The second kappa shape index (κ2) is 7.85. The largest absolute Gasteiger partial charge is 0.497 e. The van der Waals surface area contributed by atoms with Gasteiger partial charge in [0.15, 0.2) is 5.72 Å². The highest BCUT2D eigenvalue weighted by Crippen LogP contribution is 2.46. The van der Waals surface area contributed by atoms with Crippen LogP contribution in [0.4, 0.5) is 20.8 Å². The van der Waals surface area contributed by atoms with Crippen molar-refractivity contribution in [1.29, 1.82) is 0 Å². The highest BCUT2D eigenvalue weighted by atomic mass is 19.1. The lowest BCUT2D eigenvalue weighted by molar-refractivity contribution is 0.0699. The molecular weight excluding hydrogens is 443 g/mol. The van der Waals surface area contributed by atoms with Gasteiger partial charge in [0.1, 0.15) is 11.6 Å². The van der Waals surface area contributed by atoms with Gasteiger partial charge in [0.05, 0.1) is 30.9 Å². The Kier molecular flexibility index (Phi) is 4.94. The van der Waals surface area contributed by atoms with Gasteiger partial charge in [0.2, 0.25) is 5.95 Å². The van der Waals surface area contributed by atoms with Crippen molar-refractivity contribution in [2.75, 3.05) is 24.4 Å². The summed E-state index contributed by atoms with van der Waals surface area (Å²) in [6.45, 7) is 0. The van der Waals surface area contributed by atoms with Crippen LogP contribution in [-0.4, -0.2) is 41.3 Å². The normalized spacial score (nSPS) is 17.1. The van der Waals surface area contributed by atoms with Crippen molar-refractivity contribution >= 4 is 34.7 Å². The molecule has 3 aromatic carbocycles. The third-order valence-corrected chi connectivity index (χ3v) is 5.74.